The van der Waals surface area contributed by atoms with Gasteiger partial charge in [0.05, 0.1) is 11.6 Å². The van der Waals surface area contributed by atoms with Gasteiger partial charge in [-0.15, -0.1) is 0 Å². The monoisotopic (exact) mass is 330 g/mol. The van der Waals surface area contributed by atoms with Crippen LogP contribution in [0.3, 0.4) is 0 Å². The fraction of sp³-hybridized carbons (Fsp3) is 0.0625. The van der Waals surface area contributed by atoms with Crippen molar-refractivity contribution in [3.05, 3.63) is 76.1 Å². The van der Waals surface area contributed by atoms with Crippen LogP contribution < -0.4 is 5.73 Å². The van der Waals surface area contributed by atoms with Crippen LogP contribution in [0.25, 0.3) is 10.9 Å². The number of hydrogen-bond donors (Lipinski definition) is 1. The van der Waals surface area contributed by atoms with E-state index < -0.39 is 6.04 Å². The average Bonchev–Trinajstić information content (AvgIpc) is 2.48. The zero-order valence-electron chi connectivity index (χ0n) is 10.6. The van der Waals surface area contributed by atoms with Gasteiger partial charge < -0.3 is 5.73 Å². The van der Waals surface area contributed by atoms with Gasteiger partial charge in [-0.3, -0.25) is 4.98 Å². The summed E-state index contributed by atoms with van der Waals surface area (Å²) in [4.78, 5) is 4.39. The summed E-state index contributed by atoms with van der Waals surface area (Å²) >= 11 is 3.41. The zero-order chi connectivity index (χ0) is 14.1. The van der Waals surface area contributed by atoms with Gasteiger partial charge in [-0.1, -0.05) is 34.1 Å². The Morgan fingerprint density at radius 3 is 2.75 bits per heavy atom. The summed E-state index contributed by atoms with van der Waals surface area (Å²) in [6.45, 7) is 0. The van der Waals surface area contributed by atoms with Crippen LogP contribution >= 0.6 is 15.9 Å². The molecule has 2 aromatic carbocycles. The molecule has 0 aliphatic rings. The molecule has 0 saturated carbocycles. The van der Waals surface area contributed by atoms with Crippen molar-refractivity contribution >= 4 is 26.8 Å². The van der Waals surface area contributed by atoms with Crippen LogP contribution in [-0.4, -0.2) is 4.98 Å². The highest BCUT2D eigenvalue weighted by molar-refractivity contribution is 9.10. The minimum absolute atomic E-state index is 0.299. The molecule has 3 aromatic rings. The molecule has 1 unspecified atom stereocenters. The van der Waals surface area contributed by atoms with Gasteiger partial charge in [-0.2, -0.15) is 0 Å². The topological polar surface area (TPSA) is 38.9 Å². The van der Waals surface area contributed by atoms with Gasteiger partial charge in [0.25, 0.3) is 0 Å². The summed E-state index contributed by atoms with van der Waals surface area (Å²) < 4.78 is 14.2. The lowest BCUT2D eigenvalue weighted by molar-refractivity contribution is 0.623. The standard InChI is InChI=1S/C16H12BrFN2/c17-14-6-5-12(18)8-13(14)16(19)11-7-10-3-1-2-4-15(10)20-9-11/h1-9,16H,19H2. The summed E-state index contributed by atoms with van der Waals surface area (Å²) in [7, 11) is 0. The molecule has 20 heavy (non-hydrogen) atoms. The van der Waals surface area contributed by atoms with Gasteiger partial charge >= 0.3 is 0 Å². The van der Waals surface area contributed by atoms with E-state index in [1.54, 1.807) is 12.3 Å². The minimum atomic E-state index is -0.419. The van der Waals surface area contributed by atoms with E-state index in [2.05, 4.69) is 20.9 Å². The summed E-state index contributed by atoms with van der Waals surface area (Å²) in [6.07, 6.45) is 1.74. The van der Waals surface area contributed by atoms with E-state index in [0.717, 1.165) is 20.9 Å². The smallest absolute Gasteiger partial charge is 0.123 e. The fourth-order valence-electron chi connectivity index (χ4n) is 2.19. The normalized spacial score (nSPS) is 12.6. The van der Waals surface area contributed by atoms with Crippen molar-refractivity contribution in [3.8, 4) is 0 Å². The van der Waals surface area contributed by atoms with Crippen LogP contribution in [0.15, 0.2) is 59.2 Å². The molecular weight excluding hydrogens is 319 g/mol. The van der Waals surface area contributed by atoms with E-state index in [-0.39, 0.29) is 5.82 Å². The first kappa shape index (κ1) is 13.2. The van der Waals surface area contributed by atoms with Crippen molar-refractivity contribution in [2.45, 2.75) is 6.04 Å². The molecule has 1 aromatic heterocycles. The molecule has 1 heterocycles. The third-order valence-electron chi connectivity index (χ3n) is 3.26. The molecule has 1 atom stereocenters. The predicted molar refractivity (Wildman–Crippen MR) is 81.9 cm³/mol. The lowest BCUT2D eigenvalue weighted by Crippen LogP contribution is -2.13. The maximum absolute atomic E-state index is 13.4. The van der Waals surface area contributed by atoms with Crippen molar-refractivity contribution in [2.75, 3.05) is 0 Å². The van der Waals surface area contributed by atoms with Gasteiger partial charge in [-0.25, -0.2) is 4.39 Å². The number of para-hydroxylation sites is 1. The van der Waals surface area contributed by atoms with Crippen LogP contribution in [0.4, 0.5) is 4.39 Å². The summed E-state index contributed by atoms with van der Waals surface area (Å²) in [5.74, 6) is -0.299. The van der Waals surface area contributed by atoms with Crippen LogP contribution in [0, 0.1) is 5.82 Å². The van der Waals surface area contributed by atoms with Gasteiger partial charge in [0.15, 0.2) is 0 Å². The number of aromatic nitrogens is 1. The van der Waals surface area contributed by atoms with Crippen LogP contribution in [0.1, 0.15) is 17.2 Å². The van der Waals surface area contributed by atoms with Crippen molar-refractivity contribution in [3.63, 3.8) is 0 Å². The highest BCUT2D eigenvalue weighted by Crippen LogP contribution is 2.28. The summed E-state index contributed by atoms with van der Waals surface area (Å²) in [6, 6.07) is 13.9. The number of halogens is 2. The molecule has 0 spiro atoms. The molecular formula is C16H12BrFN2. The van der Waals surface area contributed by atoms with Crippen LogP contribution in [0.5, 0.6) is 0 Å². The molecule has 0 bridgehead atoms. The first-order valence-electron chi connectivity index (χ1n) is 6.20. The molecule has 4 heteroatoms. The predicted octanol–water partition coefficient (Wildman–Crippen LogP) is 4.18. The third-order valence-corrected chi connectivity index (χ3v) is 3.99. The van der Waals surface area contributed by atoms with Gasteiger partial charge in [0.2, 0.25) is 0 Å². The van der Waals surface area contributed by atoms with E-state index in [1.807, 2.05) is 30.3 Å². The molecule has 0 aliphatic carbocycles. The van der Waals surface area contributed by atoms with Gasteiger partial charge in [-0.05, 0) is 41.5 Å². The zero-order valence-corrected chi connectivity index (χ0v) is 12.1. The summed E-state index contributed by atoms with van der Waals surface area (Å²) in [5, 5.41) is 1.02. The molecule has 3 rings (SSSR count). The van der Waals surface area contributed by atoms with E-state index >= 15 is 0 Å². The number of benzene rings is 2. The van der Waals surface area contributed by atoms with Crippen molar-refractivity contribution in [1.29, 1.82) is 0 Å². The SMILES string of the molecule is NC(c1cnc2ccccc2c1)c1cc(F)ccc1Br. The molecule has 0 amide bonds. The quantitative estimate of drug-likeness (QED) is 0.765. The largest absolute Gasteiger partial charge is 0.320 e. The highest BCUT2D eigenvalue weighted by atomic mass is 79.9. The number of hydrogen-bond acceptors (Lipinski definition) is 2. The highest BCUT2D eigenvalue weighted by Gasteiger charge is 2.14. The number of rotatable bonds is 2. The van der Waals surface area contributed by atoms with E-state index in [9.17, 15) is 4.39 Å². The lowest BCUT2D eigenvalue weighted by atomic mass is 10.00. The number of pyridine rings is 1. The number of nitrogens with two attached hydrogens (primary N) is 1. The molecule has 0 aliphatic heterocycles. The van der Waals surface area contributed by atoms with Crippen molar-refractivity contribution in [2.24, 2.45) is 5.73 Å². The van der Waals surface area contributed by atoms with Crippen molar-refractivity contribution in [1.82, 2.24) is 4.98 Å². The molecule has 2 nitrogen and oxygen atoms in total. The first-order valence-corrected chi connectivity index (χ1v) is 6.99. The Bertz CT molecular complexity index is 773. The second kappa shape index (κ2) is 5.31. The van der Waals surface area contributed by atoms with E-state index in [0.29, 0.717) is 5.56 Å². The molecule has 0 radical (unpaired) electrons. The average molecular weight is 331 g/mol. The van der Waals surface area contributed by atoms with Gasteiger partial charge in [0, 0.05) is 16.1 Å². The Labute approximate surface area is 124 Å². The second-order valence-corrected chi connectivity index (χ2v) is 5.46. The van der Waals surface area contributed by atoms with E-state index in [4.69, 9.17) is 5.73 Å². The Morgan fingerprint density at radius 2 is 1.90 bits per heavy atom. The Morgan fingerprint density at radius 1 is 1.10 bits per heavy atom. The lowest BCUT2D eigenvalue weighted by Gasteiger charge is -2.14. The first-order chi connectivity index (χ1) is 9.65. The summed E-state index contributed by atoms with van der Waals surface area (Å²) in [5.41, 5.74) is 8.73. The third kappa shape index (κ3) is 2.44. The maximum Gasteiger partial charge on any atom is 0.123 e. The Balaban J connectivity index is 2.07. The number of nitrogens with zero attached hydrogens (tertiary/aromatic N) is 1. The second-order valence-electron chi connectivity index (χ2n) is 4.60. The van der Waals surface area contributed by atoms with Gasteiger partial charge in [0.1, 0.15) is 5.82 Å². The van der Waals surface area contributed by atoms with Crippen molar-refractivity contribution < 1.29 is 4.39 Å². The fourth-order valence-corrected chi connectivity index (χ4v) is 2.68. The van der Waals surface area contributed by atoms with Crippen LogP contribution in [0.2, 0.25) is 0 Å². The molecule has 0 fully saturated rings. The van der Waals surface area contributed by atoms with E-state index in [1.165, 1.54) is 12.1 Å². The molecule has 100 valence electrons. The minimum Gasteiger partial charge on any atom is -0.320 e. The molecule has 0 saturated heterocycles. The Hall–Kier alpha value is -1.78. The molecule has 2 N–H and O–H groups in total. The Kier molecular flexibility index (Phi) is 3.51. The van der Waals surface area contributed by atoms with Crippen LogP contribution in [-0.2, 0) is 0 Å². The number of fused-ring (bicyclic) bond motifs is 1. The maximum atomic E-state index is 13.4.